The van der Waals surface area contributed by atoms with Gasteiger partial charge in [-0.15, -0.1) is 0 Å². The number of nitrogens with zero attached hydrogens (tertiary/aromatic N) is 1. The summed E-state index contributed by atoms with van der Waals surface area (Å²) < 4.78 is 6.19. The van der Waals surface area contributed by atoms with Crippen LogP contribution in [0.1, 0.15) is 0 Å². The number of anilines is 3. The van der Waals surface area contributed by atoms with E-state index >= 15 is 0 Å². The van der Waals surface area contributed by atoms with Crippen molar-refractivity contribution in [2.75, 3.05) is 4.90 Å². The Hall–Kier alpha value is -6.12. The predicted octanol–water partition coefficient (Wildman–Crippen LogP) is 12.7. The summed E-state index contributed by atoms with van der Waals surface area (Å²) in [6, 6.07) is 62.8. The fourth-order valence-corrected chi connectivity index (χ4v) is 6.90. The molecule has 9 rings (SSSR count). The minimum atomic E-state index is 0.909. The molecule has 0 spiro atoms. The van der Waals surface area contributed by atoms with Crippen molar-refractivity contribution >= 4 is 60.5 Å². The Labute approximate surface area is 267 Å². The minimum Gasteiger partial charge on any atom is -0.456 e. The van der Waals surface area contributed by atoms with Gasteiger partial charge in [-0.1, -0.05) is 133 Å². The molecule has 0 fully saturated rings. The molecule has 0 aliphatic carbocycles. The Bertz CT molecular complexity index is 2510. The lowest BCUT2D eigenvalue weighted by Crippen LogP contribution is -2.10. The molecular formula is C44H29NO. The molecule has 2 heteroatoms. The molecule has 2 nitrogen and oxygen atoms in total. The van der Waals surface area contributed by atoms with Gasteiger partial charge in [0.1, 0.15) is 11.2 Å². The second-order valence-corrected chi connectivity index (χ2v) is 11.7. The van der Waals surface area contributed by atoms with Gasteiger partial charge in [-0.2, -0.15) is 0 Å². The van der Waals surface area contributed by atoms with E-state index < -0.39 is 0 Å². The summed E-state index contributed by atoms with van der Waals surface area (Å²) in [6.45, 7) is 0. The molecule has 0 radical (unpaired) electrons. The number of fused-ring (bicyclic) bond motifs is 5. The van der Waals surface area contributed by atoms with Gasteiger partial charge in [-0.25, -0.2) is 0 Å². The molecule has 216 valence electrons. The molecule has 8 aromatic carbocycles. The molecule has 0 unspecified atom stereocenters. The first kappa shape index (κ1) is 26.3. The third-order valence-electron chi connectivity index (χ3n) is 9.07. The van der Waals surface area contributed by atoms with Crippen LogP contribution >= 0.6 is 0 Å². The molecule has 0 aliphatic heterocycles. The average Bonchev–Trinajstić information content (AvgIpc) is 3.51. The molecule has 0 saturated heterocycles. The number of benzene rings is 8. The molecular weight excluding hydrogens is 558 g/mol. The number of rotatable bonds is 5. The molecule has 0 saturated carbocycles. The minimum absolute atomic E-state index is 0.909. The van der Waals surface area contributed by atoms with Crippen molar-refractivity contribution in [2.45, 2.75) is 0 Å². The van der Waals surface area contributed by atoms with Gasteiger partial charge >= 0.3 is 0 Å². The fourth-order valence-electron chi connectivity index (χ4n) is 6.90. The normalized spacial score (nSPS) is 11.5. The highest BCUT2D eigenvalue weighted by Gasteiger charge is 2.17. The van der Waals surface area contributed by atoms with Gasteiger partial charge in [0.05, 0.1) is 5.69 Å². The van der Waals surface area contributed by atoms with Gasteiger partial charge in [0.25, 0.3) is 0 Å². The van der Waals surface area contributed by atoms with Crippen LogP contribution in [0.15, 0.2) is 180 Å². The van der Waals surface area contributed by atoms with Crippen LogP contribution in [-0.2, 0) is 0 Å². The van der Waals surface area contributed by atoms with Crippen LogP contribution in [0.3, 0.4) is 0 Å². The SMILES string of the molecule is c1ccc2c(-c3ccc(N(c4ccc(-c5cccc6oc7ccccc7c56)cc4)c4cccc5ccccc45)cc3)cccc2c1. The summed E-state index contributed by atoms with van der Waals surface area (Å²) in [5.74, 6) is 0. The quantitative estimate of drug-likeness (QED) is 0.199. The van der Waals surface area contributed by atoms with Crippen LogP contribution in [-0.4, -0.2) is 0 Å². The van der Waals surface area contributed by atoms with Gasteiger partial charge < -0.3 is 9.32 Å². The monoisotopic (exact) mass is 587 g/mol. The molecule has 1 aromatic heterocycles. The number of hydrogen-bond acceptors (Lipinski definition) is 2. The van der Waals surface area contributed by atoms with E-state index in [4.69, 9.17) is 4.42 Å². The molecule has 0 N–H and O–H groups in total. The summed E-state index contributed by atoms with van der Waals surface area (Å²) in [5, 5.41) is 7.23. The molecule has 0 bridgehead atoms. The summed E-state index contributed by atoms with van der Waals surface area (Å²) in [7, 11) is 0. The maximum atomic E-state index is 6.19. The van der Waals surface area contributed by atoms with Gasteiger partial charge in [0.2, 0.25) is 0 Å². The van der Waals surface area contributed by atoms with Crippen molar-refractivity contribution in [3.05, 3.63) is 176 Å². The summed E-state index contributed by atoms with van der Waals surface area (Å²) >= 11 is 0. The zero-order valence-electron chi connectivity index (χ0n) is 25.1. The Balaban J connectivity index is 1.17. The van der Waals surface area contributed by atoms with Crippen molar-refractivity contribution in [2.24, 2.45) is 0 Å². The van der Waals surface area contributed by atoms with E-state index in [0.29, 0.717) is 0 Å². The fraction of sp³-hybridized carbons (Fsp3) is 0. The first-order valence-electron chi connectivity index (χ1n) is 15.7. The largest absolute Gasteiger partial charge is 0.456 e. The topological polar surface area (TPSA) is 16.4 Å². The smallest absolute Gasteiger partial charge is 0.136 e. The third kappa shape index (κ3) is 4.35. The van der Waals surface area contributed by atoms with Crippen LogP contribution < -0.4 is 4.90 Å². The third-order valence-corrected chi connectivity index (χ3v) is 9.07. The molecule has 0 amide bonds. The van der Waals surface area contributed by atoms with Crippen molar-refractivity contribution in [1.82, 2.24) is 0 Å². The maximum absolute atomic E-state index is 6.19. The lowest BCUT2D eigenvalue weighted by molar-refractivity contribution is 0.669. The number of para-hydroxylation sites is 1. The van der Waals surface area contributed by atoms with Crippen LogP contribution in [0.2, 0.25) is 0 Å². The predicted molar refractivity (Wildman–Crippen MR) is 194 cm³/mol. The zero-order chi connectivity index (χ0) is 30.5. The number of hydrogen-bond donors (Lipinski definition) is 0. The van der Waals surface area contributed by atoms with Gasteiger partial charge in [0, 0.05) is 27.5 Å². The van der Waals surface area contributed by atoms with Crippen molar-refractivity contribution < 1.29 is 4.42 Å². The van der Waals surface area contributed by atoms with E-state index in [9.17, 15) is 0 Å². The van der Waals surface area contributed by atoms with Gasteiger partial charge in [-0.05, 0) is 80.9 Å². The number of furan rings is 1. The van der Waals surface area contributed by atoms with E-state index in [0.717, 1.165) is 44.6 Å². The summed E-state index contributed by atoms with van der Waals surface area (Å²) in [5.41, 5.74) is 9.95. The highest BCUT2D eigenvalue weighted by atomic mass is 16.3. The van der Waals surface area contributed by atoms with Crippen molar-refractivity contribution in [3.63, 3.8) is 0 Å². The van der Waals surface area contributed by atoms with E-state index in [-0.39, 0.29) is 0 Å². The standard InChI is InChI=1S/C44H29NO/c1-3-14-36-30(10-1)12-7-17-37(36)32-22-26-34(27-23-32)45(41-19-8-13-31-11-2-4-15-38(31)41)35-28-24-33(25-29-35)39-18-9-21-43-44(39)40-16-5-6-20-42(40)46-43/h1-29H. The van der Waals surface area contributed by atoms with E-state index in [1.54, 1.807) is 0 Å². The van der Waals surface area contributed by atoms with Gasteiger partial charge in [-0.3, -0.25) is 0 Å². The average molecular weight is 588 g/mol. The van der Waals surface area contributed by atoms with Gasteiger partial charge in [0.15, 0.2) is 0 Å². The lowest BCUT2D eigenvalue weighted by atomic mass is 9.97. The Morgan fingerprint density at radius 1 is 0.348 bits per heavy atom. The Kier molecular flexibility index (Phi) is 6.17. The summed E-state index contributed by atoms with van der Waals surface area (Å²) in [6.07, 6.45) is 0. The first-order chi connectivity index (χ1) is 22.8. The maximum Gasteiger partial charge on any atom is 0.136 e. The Morgan fingerprint density at radius 2 is 0.848 bits per heavy atom. The van der Waals surface area contributed by atoms with Crippen LogP contribution in [0.25, 0.3) is 65.7 Å². The second-order valence-electron chi connectivity index (χ2n) is 11.7. The Morgan fingerprint density at radius 3 is 1.59 bits per heavy atom. The van der Waals surface area contributed by atoms with E-state index in [2.05, 4.69) is 169 Å². The molecule has 1 heterocycles. The summed E-state index contributed by atoms with van der Waals surface area (Å²) in [4.78, 5) is 2.37. The molecule has 0 aliphatic rings. The molecule has 9 aromatic rings. The second kappa shape index (κ2) is 10.8. The van der Waals surface area contributed by atoms with E-state index in [1.807, 2.05) is 12.1 Å². The highest BCUT2D eigenvalue weighted by Crippen LogP contribution is 2.42. The van der Waals surface area contributed by atoms with E-state index in [1.165, 1.54) is 38.2 Å². The van der Waals surface area contributed by atoms with Crippen molar-refractivity contribution in [1.29, 1.82) is 0 Å². The molecule has 0 atom stereocenters. The van der Waals surface area contributed by atoms with Crippen molar-refractivity contribution in [3.8, 4) is 22.3 Å². The first-order valence-corrected chi connectivity index (χ1v) is 15.7. The zero-order valence-corrected chi connectivity index (χ0v) is 25.1. The lowest BCUT2D eigenvalue weighted by Gasteiger charge is -2.27. The van der Waals surface area contributed by atoms with Crippen LogP contribution in [0.4, 0.5) is 17.1 Å². The van der Waals surface area contributed by atoms with Crippen LogP contribution in [0.5, 0.6) is 0 Å². The van der Waals surface area contributed by atoms with Crippen LogP contribution in [0, 0.1) is 0 Å². The highest BCUT2D eigenvalue weighted by molar-refractivity contribution is 6.12. The molecule has 46 heavy (non-hydrogen) atoms.